The molecule has 1 N–H and O–H groups in total. The molecule has 1 aromatic heterocycles. The Labute approximate surface area is 119 Å². The standard InChI is InChI=1S/C14H14F3NOS/c1-9-7-8-20-13(9)10(2)18-11-5-3-4-6-12(11)19-14(15,16)17/h3-8,10,18H,1-2H3. The number of thiophene rings is 1. The SMILES string of the molecule is Cc1ccsc1C(C)Nc1ccccc1OC(F)(F)F. The Balaban J connectivity index is 2.19. The summed E-state index contributed by atoms with van der Waals surface area (Å²) in [4.78, 5) is 1.09. The summed E-state index contributed by atoms with van der Waals surface area (Å²) >= 11 is 1.57. The van der Waals surface area contributed by atoms with E-state index in [4.69, 9.17) is 0 Å². The van der Waals surface area contributed by atoms with Gasteiger partial charge in [-0.05, 0) is 43.0 Å². The van der Waals surface area contributed by atoms with E-state index in [1.807, 2.05) is 25.3 Å². The van der Waals surface area contributed by atoms with Crippen molar-refractivity contribution < 1.29 is 17.9 Å². The summed E-state index contributed by atoms with van der Waals surface area (Å²) in [5.74, 6) is -0.221. The molecule has 0 radical (unpaired) electrons. The van der Waals surface area contributed by atoms with Gasteiger partial charge >= 0.3 is 6.36 Å². The van der Waals surface area contributed by atoms with Crippen LogP contribution in [0.15, 0.2) is 35.7 Å². The second-order valence-corrected chi connectivity index (χ2v) is 5.33. The summed E-state index contributed by atoms with van der Waals surface area (Å²) < 4.78 is 41.1. The van der Waals surface area contributed by atoms with Gasteiger partial charge in [-0.15, -0.1) is 24.5 Å². The first-order valence-electron chi connectivity index (χ1n) is 6.02. The van der Waals surface area contributed by atoms with Gasteiger partial charge in [-0.2, -0.15) is 0 Å². The minimum absolute atomic E-state index is 0.0898. The molecule has 0 saturated heterocycles. The molecule has 0 spiro atoms. The average Bonchev–Trinajstić information content (AvgIpc) is 2.76. The van der Waals surface area contributed by atoms with Crippen molar-refractivity contribution in [1.82, 2.24) is 0 Å². The molecule has 2 rings (SSSR count). The minimum Gasteiger partial charge on any atom is -0.404 e. The molecule has 0 amide bonds. The van der Waals surface area contributed by atoms with E-state index in [0.29, 0.717) is 5.69 Å². The molecule has 0 aliphatic rings. The lowest BCUT2D eigenvalue weighted by Crippen LogP contribution is -2.18. The van der Waals surface area contributed by atoms with Gasteiger partial charge in [0.25, 0.3) is 0 Å². The van der Waals surface area contributed by atoms with Gasteiger partial charge in [0.2, 0.25) is 0 Å². The van der Waals surface area contributed by atoms with Crippen LogP contribution in [0.4, 0.5) is 18.9 Å². The maximum atomic E-state index is 12.3. The fraction of sp³-hybridized carbons (Fsp3) is 0.286. The molecule has 20 heavy (non-hydrogen) atoms. The Kier molecular flexibility index (Phi) is 4.23. The van der Waals surface area contributed by atoms with Crippen LogP contribution in [0.2, 0.25) is 0 Å². The molecule has 6 heteroatoms. The third kappa shape index (κ3) is 3.66. The second-order valence-electron chi connectivity index (χ2n) is 4.38. The molecule has 0 saturated carbocycles. The quantitative estimate of drug-likeness (QED) is 0.845. The lowest BCUT2D eigenvalue weighted by molar-refractivity contribution is -0.274. The predicted octanol–water partition coefficient (Wildman–Crippen LogP) is 5.13. The van der Waals surface area contributed by atoms with Crippen LogP contribution in [0.25, 0.3) is 0 Å². The van der Waals surface area contributed by atoms with Crippen LogP contribution in [-0.2, 0) is 0 Å². The van der Waals surface area contributed by atoms with Gasteiger partial charge in [-0.3, -0.25) is 0 Å². The summed E-state index contributed by atoms with van der Waals surface area (Å²) in [6.07, 6.45) is -4.69. The molecule has 108 valence electrons. The van der Waals surface area contributed by atoms with Crippen molar-refractivity contribution in [3.63, 3.8) is 0 Å². The van der Waals surface area contributed by atoms with Gasteiger partial charge < -0.3 is 10.1 Å². The number of ether oxygens (including phenoxy) is 1. The Bertz CT molecular complexity index is 580. The molecule has 0 aliphatic heterocycles. The Morgan fingerprint density at radius 3 is 2.50 bits per heavy atom. The number of aryl methyl sites for hydroxylation is 1. The first kappa shape index (κ1) is 14.7. The van der Waals surface area contributed by atoms with Gasteiger partial charge in [0.15, 0.2) is 5.75 Å². The monoisotopic (exact) mass is 301 g/mol. The van der Waals surface area contributed by atoms with Crippen molar-refractivity contribution in [2.45, 2.75) is 26.3 Å². The highest BCUT2D eigenvalue weighted by Gasteiger charge is 2.32. The van der Waals surface area contributed by atoms with Crippen LogP contribution in [-0.4, -0.2) is 6.36 Å². The van der Waals surface area contributed by atoms with Gasteiger partial charge in [0.05, 0.1) is 11.7 Å². The van der Waals surface area contributed by atoms with Crippen LogP contribution in [0.5, 0.6) is 5.75 Å². The van der Waals surface area contributed by atoms with Crippen molar-refractivity contribution in [3.05, 3.63) is 46.2 Å². The molecule has 1 unspecified atom stereocenters. The van der Waals surface area contributed by atoms with E-state index in [9.17, 15) is 13.2 Å². The molecule has 2 aromatic rings. The third-order valence-corrected chi connectivity index (χ3v) is 3.98. The van der Waals surface area contributed by atoms with E-state index in [-0.39, 0.29) is 11.8 Å². The van der Waals surface area contributed by atoms with E-state index in [1.54, 1.807) is 23.5 Å². The second kappa shape index (κ2) is 5.75. The summed E-state index contributed by atoms with van der Waals surface area (Å²) in [5, 5.41) is 5.02. The lowest BCUT2D eigenvalue weighted by Gasteiger charge is -2.18. The Morgan fingerprint density at radius 1 is 1.20 bits per heavy atom. The van der Waals surface area contributed by atoms with Gasteiger partial charge in [-0.1, -0.05) is 12.1 Å². The number of benzene rings is 1. The maximum absolute atomic E-state index is 12.3. The van der Waals surface area contributed by atoms with Crippen LogP contribution in [0, 0.1) is 6.92 Å². The van der Waals surface area contributed by atoms with Crippen molar-refractivity contribution in [3.8, 4) is 5.75 Å². The van der Waals surface area contributed by atoms with Gasteiger partial charge in [0, 0.05) is 4.88 Å². The number of hydrogen-bond donors (Lipinski definition) is 1. The molecule has 0 fully saturated rings. The number of anilines is 1. The topological polar surface area (TPSA) is 21.3 Å². The van der Waals surface area contributed by atoms with Crippen LogP contribution >= 0.6 is 11.3 Å². The summed E-state index contributed by atoms with van der Waals surface area (Å²) in [7, 11) is 0. The van der Waals surface area contributed by atoms with Crippen molar-refractivity contribution in [2.75, 3.05) is 5.32 Å². The first-order chi connectivity index (χ1) is 9.37. The van der Waals surface area contributed by atoms with E-state index in [1.165, 1.54) is 12.1 Å². The number of halogens is 3. The largest absolute Gasteiger partial charge is 0.573 e. The molecule has 1 atom stereocenters. The Hall–Kier alpha value is -1.69. The van der Waals surface area contributed by atoms with E-state index in [2.05, 4.69) is 10.1 Å². The van der Waals surface area contributed by atoms with Crippen LogP contribution in [0.1, 0.15) is 23.4 Å². The highest BCUT2D eigenvalue weighted by molar-refractivity contribution is 7.10. The van der Waals surface area contributed by atoms with Crippen molar-refractivity contribution in [2.24, 2.45) is 0 Å². The first-order valence-corrected chi connectivity index (χ1v) is 6.90. The highest BCUT2D eigenvalue weighted by Crippen LogP contribution is 2.33. The summed E-state index contributed by atoms with van der Waals surface area (Å²) in [6, 6.07) is 7.93. The fourth-order valence-electron chi connectivity index (χ4n) is 1.93. The smallest absolute Gasteiger partial charge is 0.404 e. The number of nitrogens with one attached hydrogen (secondary N) is 1. The number of alkyl halides is 3. The zero-order valence-corrected chi connectivity index (χ0v) is 11.8. The van der Waals surface area contributed by atoms with E-state index >= 15 is 0 Å². The lowest BCUT2D eigenvalue weighted by atomic mass is 10.2. The molecular formula is C14H14F3NOS. The highest BCUT2D eigenvalue weighted by atomic mass is 32.1. The molecule has 0 aliphatic carbocycles. The van der Waals surface area contributed by atoms with Gasteiger partial charge in [0.1, 0.15) is 0 Å². The predicted molar refractivity (Wildman–Crippen MR) is 74.2 cm³/mol. The van der Waals surface area contributed by atoms with Gasteiger partial charge in [-0.25, -0.2) is 0 Å². The van der Waals surface area contributed by atoms with Crippen molar-refractivity contribution >= 4 is 17.0 Å². The van der Waals surface area contributed by atoms with E-state index < -0.39 is 6.36 Å². The average molecular weight is 301 g/mol. The zero-order chi connectivity index (χ0) is 14.8. The third-order valence-electron chi connectivity index (χ3n) is 2.78. The normalized spacial score (nSPS) is 13.1. The Morgan fingerprint density at radius 2 is 1.90 bits per heavy atom. The number of hydrogen-bond acceptors (Lipinski definition) is 3. The number of para-hydroxylation sites is 2. The molecule has 1 heterocycles. The maximum Gasteiger partial charge on any atom is 0.573 e. The fourth-order valence-corrected chi connectivity index (χ4v) is 2.86. The van der Waals surface area contributed by atoms with Crippen LogP contribution in [0.3, 0.4) is 0 Å². The van der Waals surface area contributed by atoms with Crippen LogP contribution < -0.4 is 10.1 Å². The van der Waals surface area contributed by atoms with E-state index in [0.717, 1.165) is 10.4 Å². The molecule has 2 nitrogen and oxygen atoms in total. The summed E-state index contributed by atoms with van der Waals surface area (Å²) in [6.45, 7) is 3.88. The number of rotatable bonds is 4. The van der Waals surface area contributed by atoms with Crippen molar-refractivity contribution in [1.29, 1.82) is 0 Å². The molecule has 1 aromatic carbocycles. The summed E-state index contributed by atoms with van der Waals surface area (Å²) in [5.41, 5.74) is 1.44. The molecule has 0 bridgehead atoms. The molecular weight excluding hydrogens is 287 g/mol. The minimum atomic E-state index is -4.69. The zero-order valence-electron chi connectivity index (χ0n) is 11.0.